The van der Waals surface area contributed by atoms with Crippen molar-refractivity contribution in [2.24, 2.45) is 0 Å². The molecule has 1 heterocycles. The highest BCUT2D eigenvalue weighted by atomic mass is 14.6. The van der Waals surface area contributed by atoms with Crippen LogP contribution in [-0.2, 0) is 0 Å². The van der Waals surface area contributed by atoms with Crippen LogP contribution in [0, 0.1) is 6.92 Å². The molecule has 0 saturated carbocycles. The monoisotopic (exact) mass is 799 g/mol. The summed E-state index contributed by atoms with van der Waals surface area (Å²) in [5, 5.41) is 17.7. The molecular weight excluding hydrogens is 759 g/mol. The van der Waals surface area contributed by atoms with Gasteiger partial charge >= 0.3 is 0 Å². The number of allylic oxidation sites excluding steroid dienone is 2. The Balaban J connectivity index is 1.08. The second-order valence-electron chi connectivity index (χ2n) is 16.7. The Morgan fingerprint density at radius 2 is 0.825 bits per heavy atom. The maximum atomic E-state index is 4.81. The van der Waals surface area contributed by atoms with Gasteiger partial charge < -0.3 is 0 Å². The highest BCUT2D eigenvalue weighted by Gasteiger charge is 2.18. The van der Waals surface area contributed by atoms with E-state index in [4.69, 9.17) is 6.58 Å². The molecule has 0 spiro atoms. The van der Waals surface area contributed by atoms with Gasteiger partial charge in [0.25, 0.3) is 0 Å². The standard InChI is InChI=1S/C62H41N/c1-39(43-29-31-56-52-21-7-5-17-48(52)50-19-9-11-23-54(50)61(56)35-43)34-59(42-27-25-41(26-28-42)45-14-13-33-63-38-45)58-37-60(47-16-4-3-15-46(47)40(58)2)44-30-32-57-53-22-8-6-18-49(53)51-20-10-12-24-55(51)62(57)36-44/h3-38H,1H2,2H3/b59-34-. The zero-order valence-electron chi connectivity index (χ0n) is 34.9. The van der Waals surface area contributed by atoms with E-state index in [-0.39, 0.29) is 0 Å². The van der Waals surface area contributed by atoms with Gasteiger partial charge in [-0.15, -0.1) is 0 Å². The summed E-state index contributed by atoms with van der Waals surface area (Å²) < 4.78 is 0. The number of aromatic nitrogens is 1. The van der Waals surface area contributed by atoms with Crippen molar-refractivity contribution in [1.29, 1.82) is 0 Å². The minimum absolute atomic E-state index is 0.957. The van der Waals surface area contributed by atoms with Gasteiger partial charge in [-0.05, 0) is 168 Å². The van der Waals surface area contributed by atoms with Gasteiger partial charge in [-0.2, -0.15) is 0 Å². The first-order valence-electron chi connectivity index (χ1n) is 21.7. The summed E-state index contributed by atoms with van der Waals surface area (Å²) in [6.45, 7) is 7.08. The predicted molar refractivity (Wildman–Crippen MR) is 271 cm³/mol. The van der Waals surface area contributed by atoms with Crippen LogP contribution >= 0.6 is 0 Å². The largest absolute Gasteiger partial charge is 0.264 e. The number of fused-ring (bicyclic) bond motifs is 13. The lowest BCUT2D eigenvalue weighted by Gasteiger charge is -2.19. The van der Waals surface area contributed by atoms with E-state index in [9.17, 15) is 0 Å². The van der Waals surface area contributed by atoms with Crippen molar-refractivity contribution in [2.75, 3.05) is 0 Å². The first-order valence-corrected chi connectivity index (χ1v) is 21.7. The summed E-state index contributed by atoms with van der Waals surface area (Å²) in [5.74, 6) is 0. The van der Waals surface area contributed by atoms with Gasteiger partial charge in [0.1, 0.15) is 0 Å². The van der Waals surface area contributed by atoms with Gasteiger partial charge in [0.15, 0.2) is 0 Å². The third kappa shape index (κ3) is 6.04. The fraction of sp³-hybridized carbons (Fsp3) is 0.0161. The Kier molecular flexibility index (Phi) is 8.62. The highest BCUT2D eigenvalue weighted by molar-refractivity contribution is 6.27. The molecule has 1 nitrogen and oxygen atoms in total. The molecule has 63 heavy (non-hydrogen) atoms. The lowest BCUT2D eigenvalue weighted by molar-refractivity contribution is 1.33. The van der Waals surface area contributed by atoms with Crippen LogP contribution in [0.4, 0.5) is 0 Å². The Morgan fingerprint density at radius 3 is 1.37 bits per heavy atom. The molecule has 12 aromatic rings. The average Bonchev–Trinajstić information content (AvgIpc) is 3.36. The van der Waals surface area contributed by atoms with E-state index in [0.29, 0.717) is 0 Å². The molecule has 0 atom stereocenters. The Labute approximate surface area is 366 Å². The molecule has 0 unspecified atom stereocenters. The maximum Gasteiger partial charge on any atom is 0.0346 e. The van der Waals surface area contributed by atoms with Gasteiger partial charge in [0.2, 0.25) is 0 Å². The van der Waals surface area contributed by atoms with Crippen LogP contribution in [0.3, 0.4) is 0 Å². The van der Waals surface area contributed by atoms with Gasteiger partial charge in [0, 0.05) is 12.4 Å². The molecule has 0 aliphatic rings. The SMILES string of the molecule is C=C(/C=C(/c1ccc(-c2cccnc2)cc1)c1cc(-c2ccc3c4ccccc4c4ccccc4c3c2)c2ccccc2c1C)c1ccc2c3ccccc3c3ccccc3c2c1. The van der Waals surface area contributed by atoms with Gasteiger partial charge in [-0.3, -0.25) is 4.98 Å². The summed E-state index contributed by atoms with van der Waals surface area (Å²) in [6, 6.07) is 73.4. The minimum atomic E-state index is 0.957. The number of hydrogen-bond acceptors (Lipinski definition) is 1. The fourth-order valence-electron chi connectivity index (χ4n) is 10.2. The average molecular weight is 800 g/mol. The number of aryl methyl sites for hydroxylation is 1. The summed E-state index contributed by atoms with van der Waals surface area (Å²) >= 11 is 0. The van der Waals surface area contributed by atoms with Crippen molar-refractivity contribution in [3.05, 3.63) is 247 Å². The van der Waals surface area contributed by atoms with Crippen molar-refractivity contribution >= 4 is 86.6 Å². The predicted octanol–water partition coefficient (Wildman–Crippen LogP) is 16.9. The molecule has 1 aromatic heterocycles. The van der Waals surface area contributed by atoms with Crippen LogP contribution in [0.15, 0.2) is 225 Å². The number of hydrogen-bond donors (Lipinski definition) is 0. The molecule has 0 aliphatic carbocycles. The summed E-state index contributed by atoms with van der Waals surface area (Å²) in [6.07, 6.45) is 6.06. The molecule has 0 bridgehead atoms. The first kappa shape index (κ1) is 36.7. The molecule has 0 saturated heterocycles. The number of pyridine rings is 1. The fourth-order valence-corrected chi connectivity index (χ4v) is 10.2. The Hall–Kier alpha value is -8.13. The molecule has 0 aliphatic heterocycles. The number of benzene rings is 11. The molecular formula is C62H41N. The summed E-state index contributed by atoms with van der Waals surface area (Å²) in [7, 11) is 0. The van der Waals surface area contributed by atoms with E-state index in [1.54, 1.807) is 0 Å². The maximum absolute atomic E-state index is 4.81. The number of rotatable bonds is 6. The highest BCUT2D eigenvalue weighted by Crippen LogP contribution is 2.43. The third-order valence-corrected chi connectivity index (χ3v) is 13.3. The molecule has 1 heteroatoms. The van der Waals surface area contributed by atoms with Crippen molar-refractivity contribution in [3.8, 4) is 22.3 Å². The van der Waals surface area contributed by atoms with Crippen LogP contribution < -0.4 is 0 Å². The number of nitrogens with zero attached hydrogens (tertiary/aromatic N) is 1. The van der Waals surface area contributed by atoms with Gasteiger partial charge in [0.05, 0.1) is 0 Å². The molecule has 11 aromatic carbocycles. The lowest BCUT2D eigenvalue weighted by Crippen LogP contribution is -1.97. The van der Waals surface area contributed by atoms with Crippen LogP contribution in [-0.4, -0.2) is 4.98 Å². The van der Waals surface area contributed by atoms with Crippen molar-refractivity contribution in [3.63, 3.8) is 0 Å². The lowest BCUT2D eigenvalue weighted by atomic mass is 9.84. The molecule has 12 rings (SSSR count). The van der Waals surface area contributed by atoms with Crippen molar-refractivity contribution in [2.45, 2.75) is 6.92 Å². The molecule has 0 N–H and O–H groups in total. The quantitative estimate of drug-likeness (QED) is 0.121. The molecule has 0 radical (unpaired) electrons. The summed E-state index contributed by atoms with van der Waals surface area (Å²) in [4.78, 5) is 4.40. The van der Waals surface area contributed by atoms with E-state index in [2.05, 4.69) is 212 Å². The topological polar surface area (TPSA) is 12.9 Å². The van der Waals surface area contributed by atoms with E-state index in [1.165, 1.54) is 97.7 Å². The molecule has 0 fully saturated rings. The first-order chi connectivity index (χ1) is 31.1. The Bertz CT molecular complexity index is 3780. The Morgan fingerprint density at radius 1 is 0.381 bits per heavy atom. The third-order valence-electron chi connectivity index (χ3n) is 13.3. The van der Waals surface area contributed by atoms with E-state index in [1.807, 2.05) is 18.5 Å². The zero-order chi connectivity index (χ0) is 42.0. The summed E-state index contributed by atoms with van der Waals surface area (Å²) in [5.41, 5.74) is 11.3. The van der Waals surface area contributed by atoms with Gasteiger partial charge in [-0.1, -0.05) is 183 Å². The second kappa shape index (κ2) is 14.8. The second-order valence-corrected chi connectivity index (χ2v) is 16.7. The molecule has 0 amide bonds. The van der Waals surface area contributed by atoms with E-state index < -0.39 is 0 Å². The van der Waals surface area contributed by atoms with Crippen molar-refractivity contribution in [1.82, 2.24) is 4.98 Å². The van der Waals surface area contributed by atoms with E-state index >= 15 is 0 Å². The normalized spacial score (nSPS) is 12.0. The molecule has 294 valence electrons. The van der Waals surface area contributed by atoms with Crippen LogP contribution in [0.25, 0.3) is 109 Å². The minimum Gasteiger partial charge on any atom is -0.264 e. The van der Waals surface area contributed by atoms with Crippen LogP contribution in [0.5, 0.6) is 0 Å². The van der Waals surface area contributed by atoms with E-state index in [0.717, 1.165) is 33.4 Å². The van der Waals surface area contributed by atoms with Crippen LogP contribution in [0.2, 0.25) is 0 Å². The van der Waals surface area contributed by atoms with Crippen LogP contribution in [0.1, 0.15) is 22.3 Å². The zero-order valence-corrected chi connectivity index (χ0v) is 34.9. The smallest absolute Gasteiger partial charge is 0.0346 e. The van der Waals surface area contributed by atoms with Gasteiger partial charge in [-0.25, -0.2) is 0 Å². The van der Waals surface area contributed by atoms with Crippen molar-refractivity contribution < 1.29 is 0 Å².